The predicted octanol–water partition coefficient (Wildman–Crippen LogP) is 4.07. The molecule has 0 spiro atoms. The fourth-order valence-electron chi connectivity index (χ4n) is 2.99. The minimum Gasteiger partial charge on any atom is -0.389 e. The Morgan fingerprint density at radius 3 is 2.88 bits per heavy atom. The first kappa shape index (κ1) is 12.9. The van der Waals surface area contributed by atoms with Gasteiger partial charge in [-0.25, -0.2) is 0 Å². The highest BCUT2D eigenvalue weighted by Gasteiger charge is 2.39. The third-order valence-electron chi connectivity index (χ3n) is 4.37. The molecule has 0 heterocycles. The number of rotatable bonds is 2. The standard InChI is InChI=1S/C15H21ClO/c1-11-5-4-8-15(17,12(11)2)10-13-6-3-7-14(16)9-13/h3,6-7,9,11-12,17H,4-5,8,10H2,1-2H3. The molecule has 3 atom stereocenters. The van der Waals surface area contributed by atoms with Crippen LogP contribution in [0.5, 0.6) is 0 Å². The molecular weight excluding hydrogens is 232 g/mol. The van der Waals surface area contributed by atoms with Crippen molar-refractivity contribution in [2.45, 2.75) is 45.1 Å². The van der Waals surface area contributed by atoms with Crippen molar-refractivity contribution >= 4 is 11.6 Å². The molecule has 1 aromatic rings. The van der Waals surface area contributed by atoms with E-state index in [1.807, 2.05) is 18.2 Å². The van der Waals surface area contributed by atoms with Crippen LogP contribution in [-0.2, 0) is 6.42 Å². The summed E-state index contributed by atoms with van der Waals surface area (Å²) in [5, 5.41) is 11.6. The summed E-state index contributed by atoms with van der Waals surface area (Å²) in [4.78, 5) is 0. The second kappa shape index (κ2) is 4.99. The van der Waals surface area contributed by atoms with Gasteiger partial charge in [0.05, 0.1) is 5.60 Å². The maximum absolute atomic E-state index is 10.8. The van der Waals surface area contributed by atoms with Gasteiger partial charge in [0.15, 0.2) is 0 Å². The lowest BCUT2D eigenvalue weighted by Gasteiger charge is -2.42. The molecule has 17 heavy (non-hydrogen) atoms. The predicted molar refractivity (Wildman–Crippen MR) is 72.3 cm³/mol. The maximum Gasteiger partial charge on any atom is 0.0715 e. The van der Waals surface area contributed by atoms with Gasteiger partial charge in [-0.3, -0.25) is 0 Å². The van der Waals surface area contributed by atoms with E-state index in [-0.39, 0.29) is 0 Å². The Hall–Kier alpha value is -0.530. The van der Waals surface area contributed by atoms with Crippen molar-refractivity contribution in [2.75, 3.05) is 0 Å². The third kappa shape index (κ3) is 2.83. The normalized spacial score (nSPS) is 33.6. The van der Waals surface area contributed by atoms with Crippen molar-refractivity contribution in [3.63, 3.8) is 0 Å². The maximum atomic E-state index is 10.8. The molecule has 2 heteroatoms. The van der Waals surface area contributed by atoms with Gasteiger partial charge in [0.2, 0.25) is 0 Å². The van der Waals surface area contributed by atoms with Crippen LogP contribution < -0.4 is 0 Å². The Morgan fingerprint density at radius 1 is 1.41 bits per heavy atom. The summed E-state index contributed by atoms with van der Waals surface area (Å²) in [5.41, 5.74) is 0.587. The van der Waals surface area contributed by atoms with E-state index in [1.165, 1.54) is 6.42 Å². The molecule has 1 saturated carbocycles. The number of halogens is 1. The van der Waals surface area contributed by atoms with E-state index in [1.54, 1.807) is 0 Å². The van der Waals surface area contributed by atoms with Crippen LogP contribution in [-0.4, -0.2) is 10.7 Å². The van der Waals surface area contributed by atoms with Crippen molar-refractivity contribution in [1.29, 1.82) is 0 Å². The summed E-state index contributed by atoms with van der Waals surface area (Å²) in [6.07, 6.45) is 3.99. The van der Waals surface area contributed by atoms with E-state index >= 15 is 0 Å². The fraction of sp³-hybridized carbons (Fsp3) is 0.600. The zero-order valence-corrected chi connectivity index (χ0v) is 11.4. The van der Waals surface area contributed by atoms with Crippen molar-refractivity contribution in [3.05, 3.63) is 34.9 Å². The zero-order valence-electron chi connectivity index (χ0n) is 10.6. The average Bonchev–Trinajstić information content (AvgIpc) is 2.26. The molecule has 1 fully saturated rings. The molecule has 0 radical (unpaired) electrons. The van der Waals surface area contributed by atoms with Crippen LogP contribution in [0.2, 0.25) is 5.02 Å². The van der Waals surface area contributed by atoms with Crippen LogP contribution in [0.25, 0.3) is 0 Å². The van der Waals surface area contributed by atoms with Gasteiger partial charge in [0, 0.05) is 11.4 Å². The van der Waals surface area contributed by atoms with Gasteiger partial charge in [-0.15, -0.1) is 0 Å². The fourth-order valence-corrected chi connectivity index (χ4v) is 3.20. The van der Waals surface area contributed by atoms with Gasteiger partial charge < -0.3 is 5.11 Å². The van der Waals surface area contributed by atoms with E-state index in [0.717, 1.165) is 29.8 Å². The molecule has 1 aliphatic rings. The van der Waals surface area contributed by atoms with Crippen molar-refractivity contribution in [1.82, 2.24) is 0 Å². The SMILES string of the molecule is CC1CCCC(O)(Cc2cccc(Cl)c2)C1C. The molecule has 0 amide bonds. The molecule has 2 rings (SSSR count). The summed E-state index contributed by atoms with van der Waals surface area (Å²) in [6.45, 7) is 4.42. The van der Waals surface area contributed by atoms with Gasteiger partial charge in [-0.2, -0.15) is 0 Å². The lowest BCUT2D eigenvalue weighted by molar-refractivity contribution is -0.0620. The lowest BCUT2D eigenvalue weighted by Crippen LogP contribution is -2.44. The van der Waals surface area contributed by atoms with Gasteiger partial charge in [-0.1, -0.05) is 50.4 Å². The molecule has 1 aromatic carbocycles. The molecule has 0 aliphatic heterocycles. The summed E-state index contributed by atoms with van der Waals surface area (Å²) in [7, 11) is 0. The van der Waals surface area contributed by atoms with Gasteiger partial charge in [-0.05, 0) is 36.0 Å². The molecule has 0 aromatic heterocycles. The molecular formula is C15H21ClO. The van der Waals surface area contributed by atoms with Crippen LogP contribution in [0, 0.1) is 11.8 Å². The lowest BCUT2D eigenvalue weighted by atomic mass is 9.68. The van der Waals surface area contributed by atoms with E-state index in [2.05, 4.69) is 19.9 Å². The van der Waals surface area contributed by atoms with Crippen LogP contribution in [0.1, 0.15) is 38.7 Å². The minimum atomic E-state index is -0.553. The summed E-state index contributed by atoms with van der Waals surface area (Å²) < 4.78 is 0. The van der Waals surface area contributed by atoms with E-state index in [9.17, 15) is 5.11 Å². The average molecular weight is 253 g/mol. The van der Waals surface area contributed by atoms with Gasteiger partial charge >= 0.3 is 0 Å². The first-order chi connectivity index (χ1) is 8.01. The van der Waals surface area contributed by atoms with Crippen LogP contribution in [0.3, 0.4) is 0 Å². The summed E-state index contributed by atoms with van der Waals surface area (Å²) >= 11 is 5.99. The monoisotopic (exact) mass is 252 g/mol. The van der Waals surface area contributed by atoms with Crippen LogP contribution in [0.4, 0.5) is 0 Å². The van der Waals surface area contributed by atoms with E-state index in [4.69, 9.17) is 11.6 Å². The van der Waals surface area contributed by atoms with Crippen molar-refractivity contribution in [2.24, 2.45) is 11.8 Å². The Balaban J connectivity index is 2.16. The zero-order chi connectivity index (χ0) is 12.5. The molecule has 0 bridgehead atoms. The summed E-state index contributed by atoms with van der Waals surface area (Å²) in [6, 6.07) is 7.85. The van der Waals surface area contributed by atoms with Crippen LogP contribution >= 0.6 is 11.6 Å². The molecule has 0 saturated heterocycles. The minimum absolute atomic E-state index is 0.357. The highest BCUT2D eigenvalue weighted by molar-refractivity contribution is 6.30. The Morgan fingerprint density at radius 2 is 2.18 bits per heavy atom. The highest BCUT2D eigenvalue weighted by Crippen LogP contribution is 2.39. The first-order valence-electron chi connectivity index (χ1n) is 6.48. The number of benzene rings is 1. The number of hydrogen-bond donors (Lipinski definition) is 1. The largest absolute Gasteiger partial charge is 0.389 e. The molecule has 1 N–H and O–H groups in total. The molecule has 1 nitrogen and oxygen atoms in total. The molecule has 3 unspecified atom stereocenters. The summed E-state index contributed by atoms with van der Waals surface area (Å²) in [5.74, 6) is 0.961. The van der Waals surface area contributed by atoms with Crippen molar-refractivity contribution < 1.29 is 5.11 Å². The second-order valence-electron chi connectivity index (χ2n) is 5.57. The van der Waals surface area contributed by atoms with Gasteiger partial charge in [0.25, 0.3) is 0 Å². The molecule has 94 valence electrons. The van der Waals surface area contributed by atoms with E-state index < -0.39 is 5.60 Å². The topological polar surface area (TPSA) is 20.2 Å². The van der Waals surface area contributed by atoms with Crippen LogP contribution in [0.15, 0.2) is 24.3 Å². The highest BCUT2D eigenvalue weighted by atomic mass is 35.5. The quantitative estimate of drug-likeness (QED) is 0.841. The number of aliphatic hydroxyl groups is 1. The Kier molecular flexibility index (Phi) is 3.79. The van der Waals surface area contributed by atoms with Gasteiger partial charge in [0.1, 0.15) is 0 Å². The van der Waals surface area contributed by atoms with Crippen molar-refractivity contribution in [3.8, 4) is 0 Å². The second-order valence-corrected chi connectivity index (χ2v) is 6.00. The van der Waals surface area contributed by atoms with E-state index in [0.29, 0.717) is 11.8 Å². The smallest absolute Gasteiger partial charge is 0.0715 e. The molecule has 1 aliphatic carbocycles. The Labute approximate surface area is 109 Å². The first-order valence-corrected chi connectivity index (χ1v) is 6.86. The Bertz CT molecular complexity index is 390. The third-order valence-corrected chi connectivity index (χ3v) is 4.60. The number of hydrogen-bond acceptors (Lipinski definition) is 1.